The molecule has 0 fully saturated rings. The van der Waals surface area contributed by atoms with Gasteiger partial charge in [0, 0.05) is 19.5 Å². The summed E-state index contributed by atoms with van der Waals surface area (Å²) in [6, 6.07) is 0. The van der Waals surface area contributed by atoms with Crippen molar-refractivity contribution in [3.05, 3.63) is 0 Å². The summed E-state index contributed by atoms with van der Waals surface area (Å²) < 4.78 is 4.49. The molecule has 6 nitrogen and oxygen atoms in total. The van der Waals surface area contributed by atoms with E-state index >= 15 is 0 Å². The minimum atomic E-state index is -0.921. The lowest BCUT2D eigenvalue weighted by Crippen LogP contribution is -2.36. The summed E-state index contributed by atoms with van der Waals surface area (Å²) in [5, 5.41) is 5.02. The predicted molar refractivity (Wildman–Crippen MR) is 62.1 cm³/mol. The molecule has 0 aliphatic heterocycles. The van der Waals surface area contributed by atoms with Crippen molar-refractivity contribution in [1.29, 1.82) is 0 Å². The third-order valence-electron chi connectivity index (χ3n) is 1.81. The van der Waals surface area contributed by atoms with E-state index in [1.165, 1.54) is 0 Å². The molecule has 0 saturated heterocycles. The van der Waals surface area contributed by atoms with Gasteiger partial charge in [-0.05, 0) is 12.8 Å². The van der Waals surface area contributed by atoms with Gasteiger partial charge in [-0.1, -0.05) is 13.8 Å². The standard InChI is InChI=1S/C11H20N2O4/c1-4-17-11(16)10(15)12-6-5-9(14)13-7-8(2)3/h8H,4-7H2,1-3H3,(H,12,15)(H,13,14). The second kappa shape index (κ2) is 8.55. The Morgan fingerprint density at radius 1 is 1.18 bits per heavy atom. The number of carbonyl (C=O) groups is 3. The van der Waals surface area contributed by atoms with Gasteiger partial charge in [-0.15, -0.1) is 0 Å². The van der Waals surface area contributed by atoms with Crippen LogP contribution in [0.1, 0.15) is 27.2 Å². The normalized spacial score (nSPS) is 9.88. The van der Waals surface area contributed by atoms with Crippen molar-refractivity contribution in [3.63, 3.8) is 0 Å². The van der Waals surface area contributed by atoms with Crippen LogP contribution in [0.2, 0.25) is 0 Å². The smallest absolute Gasteiger partial charge is 0.396 e. The molecule has 0 heterocycles. The zero-order chi connectivity index (χ0) is 13.3. The molecule has 0 aliphatic rings. The molecule has 0 radical (unpaired) electrons. The average Bonchev–Trinajstić information content (AvgIpc) is 2.26. The lowest BCUT2D eigenvalue weighted by molar-refractivity contribution is -0.154. The van der Waals surface area contributed by atoms with E-state index in [1.807, 2.05) is 13.8 Å². The molecule has 0 aromatic carbocycles. The van der Waals surface area contributed by atoms with Gasteiger partial charge in [-0.2, -0.15) is 0 Å². The van der Waals surface area contributed by atoms with E-state index in [2.05, 4.69) is 15.4 Å². The Morgan fingerprint density at radius 3 is 2.35 bits per heavy atom. The van der Waals surface area contributed by atoms with Gasteiger partial charge in [0.2, 0.25) is 5.91 Å². The second-order valence-corrected chi connectivity index (χ2v) is 3.92. The van der Waals surface area contributed by atoms with Crippen LogP contribution < -0.4 is 10.6 Å². The van der Waals surface area contributed by atoms with Gasteiger partial charge in [0.25, 0.3) is 0 Å². The number of carbonyl (C=O) groups excluding carboxylic acids is 3. The van der Waals surface area contributed by atoms with Crippen LogP contribution in [0.3, 0.4) is 0 Å². The first-order valence-electron chi connectivity index (χ1n) is 5.69. The molecule has 0 atom stereocenters. The topological polar surface area (TPSA) is 84.5 Å². The summed E-state index contributed by atoms with van der Waals surface area (Å²) in [7, 11) is 0. The van der Waals surface area contributed by atoms with E-state index in [0.29, 0.717) is 12.5 Å². The number of rotatable bonds is 6. The predicted octanol–water partition coefficient (Wildman–Crippen LogP) is -0.172. The molecule has 0 spiro atoms. The summed E-state index contributed by atoms with van der Waals surface area (Å²) >= 11 is 0. The van der Waals surface area contributed by atoms with E-state index in [4.69, 9.17) is 0 Å². The SMILES string of the molecule is CCOC(=O)C(=O)NCCC(=O)NCC(C)C. The van der Waals surface area contributed by atoms with Gasteiger partial charge in [0.15, 0.2) is 0 Å². The molecule has 0 aromatic rings. The Labute approximate surface area is 101 Å². The number of nitrogens with one attached hydrogen (secondary N) is 2. The van der Waals surface area contributed by atoms with Crippen molar-refractivity contribution < 1.29 is 19.1 Å². The van der Waals surface area contributed by atoms with Gasteiger partial charge in [-0.3, -0.25) is 9.59 Å². The second-order valence-electron chi connectivity index (χ2n) is 3.92. The summed E-state index contributed by atoms with van der Waals surface area (Å²) in [5.41, 5.74) is 0. The van der Waals surface area contributed by atoms with E-state index in [9.17, 15) is 14.4 Å². The maximum atomic E-state index is 11.2. The van der Waals surface area contributed by atoms with Gasteiger partial charge in [0.05, 0.1) is 6.61 Å². The summed E-state index contributed by atoms with van der Waals surface area (Å²) in [6.07, 6.45) is 0.151. The van der Waals surface area contributed by atoms with Gasteiger partial charge in [0.1, 0.15) is 0 Å². The molecule has 0 rings (SSSR count). The quantitative estimate of drug-likeness (QED) is 0.502. The molecule has 2 N–H and O–H groups in total. The van der Waals surface area contributed by atoms with Gasteiger partial charge in [-0.25, -0.2) is 4.79 Å². The molecule has 2 amide bonds. The minimum Gasteiger partial charge on any atom is -0.459 e. The van der Waals surface area contributed by atoms with Crippen molar-refractivity contribution in [2.24, 2.45) is 5.92 Å². The van der Waals surface area contributed by atoms with E-state index in [0.717, 1.165) is 0 Å². The summed E-state index contributed by atoms with van der Waals surface area (Å²) in [4.78, 5) is 33.2. The lowest BCUT2D eigenvalue weighted by atomic mass is 10.2. The fourth-order valence-corrected chi connectivity index (χ4v) is 0.965. The van der Waals surface area contributed by atoms with Crippen molar-refractivity contribution in [2.45, 2.75) is 27.2 Å². The number of hydrogen-bond acceptors (Lipinski definition) is 4. The van der Waals surface area contributed by atoms with E-state index < -0.39 is 11.9 Å². The van der Waals surface area contributed by atoms with E-state index in [1.54, 1.807) is 6.92 Å². The van der Waals surface area contributed by atoms with Gasteiger partial charge < -0.3 is 15.4 Å². The lowest BCUT2D eigenvalue weighted by Gasteiger charge is -2.08. The van der Waals surface area contributed by atoms with Crippen molar-refractivity contribution in [3.8, 4) is 0 Å². The number of esters is 1. The van der Waals surface area contributed by atoms with Crippen molar-refractivity contribution in [1.82, 2.24) is 10.6 Å². The highest BCUT2D eigenvalue weighted by atomic mass is 16.5. The van der Waals surface area contributed by atoms with Crippen LogP contribution >= 0.6 is 0 Å². The van der Waals surface area contributed by atoms with Crippen molar-refractivity contribution >= 4 is 17.8 Å². The molecule has 6 heteroatoms. The summed E-state index contributed by atoms with van der Waals surface area (Å²) in [6.45, 7) is 6.48. The molecular formula is C11H20N2O4. The highest BCUT2D eigenvalue weighted by Gasteiger charge is 2.14. The third kappa shape index (κ3) is 8.24. The molecule has 0 unspecified atom stereocenters. The van der Waals surface area contributed by atoms with Crippen LogP contribution in [-0.2, 0) is 19.1 Å². The molecule has 0 bridgehead atoms. The molecule has 0 aliphatic carbocycles. The highest BCUT2D eigenvalue weighted by molar-refractivity contribution is 6.32. The maximum absolute atomic E-state index is 11.2. The number of amides is 2. The Hall–Kier alpha value is -1.59. The monoisotopic (exact) mass is 244 g/mol. The van der Waals surface area contributed by atoms with Crippen LogP contribution in [0.4, 0.5) is 0 Å². The molecule has 0 saturated carbocycles. The third-order valence-corrected chi connectivity index (χ3v) is 1.81. The van der Waals surface area contributed by atoms with Crippen LogP contribution in [0.5, 0.6) is 0 Å². The van der Waals surface area contributed by atoms with Crippen LogP contribution in [0.15, 0.2) is 0 Å². The zero-order valence-electron chi connectivity index (χ0n) is 10.5. The number of ether oxygens (including phenoxy) is 1. The minimum absolute atomic E-state index is 0.127. The van der Waals surface area contributed by atoms with Crippen molar-refractivity contribution in [2.75, 3.05) is 19.7 Å². The van der Waals surface area contributed by atoms with Crippen LogP contribution in [0.25, 0.3) is 0 Å². The van der Waals surface area contributed by atoms with Crippen LogP contribution in [-0.4, -0.2) is 37.5 Å². The molecule has 0 aromatic heterocycles. The molecular weight excluding hydrogens is 224 g/mol. The number of hydrogen-bond donors (Lipinski definition) is 2. The van der Waals surface area contributed by atoms with Gasteiger partial charge >= 0.3 is 11.9 Å². The van der Waals surface area contributed by atoms with Crippen LogP contribution in [0, 0.1) is 5.92 Å². The largest absolute Gasteiger partial charge is 0.459 e. The Bertz CT molecular complexity index is 277. The highest BCUT2D eigenvalue weighted by Crippen LogP contribution is 1.88. The average molecular weight is 244 g/mol. The fourth-order valence-electron chi connectivity index (χ4n) is 0.965. The maximum Gasteiger partial charge on any atom is 0.396 e. The Kier molecular flexibility index (Phi) is 7.75. The Balaban J connectivity index is 3.66. The fraction of sp³-hybridized carbons (Fsp3) is 0.727. The van der Waals surface area contributed by atoms with E-state index in [-0.39, 0.29) is 25.5 Å². The first kappa shape index (κ1) is 15.4. The molecule has 17 heavy (non-hydrogen) atoms. The molecule has 98 valence electrons. The first-order valence-corrected chi connectivity index (χ1v) is 5.69. The first-order chi connectivity index (χ1) is 7.97. The summed E-state index contributed by atoms with van der Waals surface area (Å²) in [5.74, 6) is -1.51. The Morgan fingerprint density at radius 2 is 1.82 bits per heavy atom. The zero-order valence-corrected chi connectivity index (χ0v) is 10.5.